The molecule has 0 radical (unpaired) electrons. The quantitative estimate of drug-likeness (QED) is 0.856. The topological polar surface area (TPSA) is 77.2 Å². The van der Waals surface area contributed by atoms with Crippen LogP contribution < -0.4 is 4.90 Å². The van der Waals surface area contributed by atoms with Crippen LogP contribution in [0.1, 0.15) is 43.3 Å². The number of rotatable bonds is 3. The monoisotopic (exact) mass is 295 g/mol. The predicted molar refractivity (Wildman–Crippen MR) is 73.9 cm³/mol. The van der Waals surface area contributed by atoms with E-state index in [0.717, 1.165) is 17.5 Å². The maximum absolute atomic E-state index is 5.54. The molecule has 1 saturated heterocycles. The van der Waals surface area contributed by atoms with Gasteiger partial charge in [-0.3, -0.25) is 0 Å². The van der Waals surface area contributed by atoms with E-state index in [1.807, 2.05) is 6.92 Å². The highest BCUT2D eigenvalue weighted by molar-refractivity contribution is 7.09. The van der Waals surface area contributed by atoms with E-state index in [1.54, 1.807) is 0 Å². The van der Waals surface area contributed by atoms with E-state index in [1.165, 1.54) is 11.5 Å². The summed E-state index contributed by atoms with van der Waals surface area (Å²) in [5.74, 6) is 2.40. The summed E-state index contributed by atoms with van der Waals surface area (Å²) in [5, 5.41) is 4.74. The molecule has 8 heteroatoms. The van der Waals surface area contributed by atoms with E-state index in [4.69, 9.17) is 9.26 Å². The molecule has 0 aliphatic carbocycles. The fourth-order valence-corrected chi connectivity index (χ4v) is 2.95. The largest absolute Gasteiger partial charge is 0.377 e. The highest BCUT2D eigenvalue weighted by atomic mass is 32.1. The van der Waals surface area contributed by atoms with E-state index in [2.05, 4.69) is 38.2 Å². The summed E-state index contributed by atoms with van der Waals surface area (Å²) in [4.78, 5) is 11.1. The van der Waals surface area contributed by atoms with Gasteiger partial charge < -0.3 is 14.2 Å². The molecule has 0 saturated carbocycles. The Kier molecular flexibility index (Phi) is 3.66. The minimum atomic E-state index is -0.0853. The van der Waals surface area contributed by atoms with Gasteiger partial charge in [0.05, 0.1) is 13.2 Å². The zero-order chi connectivity index (χ0) is 14.1. The van der Waals surface area contributed by atoms with Crippen LogP contribution in [0.15, 0.2) is 4.52 Å². The molecule has 0 spiro atoms. The second kappa shape index (κ2) is 5.45. The lowest BCUT2D eigenvalue weighted by Crippen LogP contribution is -2.39. The Balaban J connectivity index is 1.88. The molecule has 1 unspecified atom stereocenters. The van der Waals surface area contributed by atoms with Gasteiger partial charge in [-0.15, -0.1) is 0 Å². The first-order chi connectivity index (χ1) is 9.65. The standard InChI is InChI=1S/C12H17N5O2S/c1-7(2)10-14-12(20-16-10)17-4-5-18-6-9(17)11-13-8(3)15-19-11/h7,9H,4-6H2,1-3H3. The molecule has 7 nitrogen and oxygen atoms in total. The molecule has 20 heavy (non-hydrogen) atoms. The first-order valence-electron chi connectivity index (χ1n) is 6.63. The normalized spacial score (nSPS) is 19.8. The first kappa shape index (κ1) is 13.4. The summed E-state index contributed by atoms with van der Waals surface area (Å²) >= 11 is 1.41. The lowest BCUT2D eigenvalue weighted by Gasteiger charge is -2.32. The van der Waals surface area contributed by atoms with Crippen LogP contribution in [0, 0.1) is 6.92 Å². The second-order valence-electron chi connectivity index (χ2n) is 5.05. The van der Waals surface area contributed by atoms with Crippen molar-refractivity contribution >= 4 is 16.7 Å². The molecule has 1 aliphatic heterocycles. The fraction of sp³-hybridized carbons (Fsp3) is 0.667. The Hall–Kier alpha value is -1.54. The number of hydrogen-bond acceptors (Lipinski definition) is 8. The van der Waals surface area contributed by atoms with Crippen molar-refractivity contribution in [3.05, 3.63) is 17.5 Å². The third-order valence-corrected chi connectivity index (χ3v) is 3.92. The molecule has 0 N–H and O–H groups in total. The molecular formula is C12H17N5O2S. The molecule has 1 fully saturated rings. The third-order valence-electron chi connectivity index (χ3n) is 3.15. The molecule has 0 aromatic carbocycles. The number of nitrogens with zero attached hydrogens (tertiary/aromatic N) is 5. The van der Waals surface area contributed by atoms with E-state index in [9.17, 15) is 0 Å². The summed E-state index contributed by atoms with van der Waals surface area (Å²) in [6.07, 6.45) is 0. The first-order valence-corrected chi connectivity index (χ1v) is 7.40. The van der Waals surface area contributed by atoms with Crippen LogP contribution >= 0.6 is 11.5 Å². The molecule has 1 aliphatic rings. The number of aryl methyl sites for hydroxylation is 1. The van der Waals surface area contributed by atoms with Crippen LogP contribution in [0.5, 0.6) is 0 Å². The van der Waals surface area contributed by atoms with Crippen molar-refractivity contribution < 1.29 is 9.26 Å². The van der Waals surface area contributed by atoms with Gasteiger partial charge in [0, 0.05) is 24.0 Å². The van der Waals surface area contributed by atoms with Crippen molar-refractivity contribution in [3.8, 4) is 0 Å². The van der Waals surface area contributed by atoms with Gasteiger partial charge in [0.25, 0.3) is 5.89 Å². The summed E-state index contributed by atoms with van der Waals surface area (Å²) in [7, 11) is 0. The molecule has 3 rings (SSSR count). The van der Waals surface area contributed by atoms with Gasteiger partial charge in [0.1, 0.15) is 11.9 Å². The zero-order valence-corrected chi connectivity index (χ0v) is 12.6. The molecule has 3 heterocycles. The highest BCUT2D eigenvalue weighted by Gasteiger charge is 2.31. The maximum Gasteiger partial charge on any atom is 0.251 e. The zero-order valence-electron chi connectivity index (χ0n) is 11.7. The lowest BCUT2D eigenvalue weighted by molar-refractivity contribution is 0.0838. The van der Waals surface area contributed by atoms with Gasteiger partial charge in [-0.2, -0.15) is 9.36 Å². The second-order valence-corrected chi connectivity index (χ2v) is 5.78. The Morgan fingerprint density at radius 1 is 1.35 bits per heavy atom. The summed E-state index contributed by atoms with van der Waals surface area (Å²) in [5.41, 5.74) is 0. The number of morpholine rings is 1. The number of ether oxygens (including phenoxy) is 1. The third kappa shape index (κ3) is 2.53. The summed E-state index contributed by atoms with van der Waals surface area (Å²) in [6.45, 7) is 7.92. The van der Waals surface area contributed by atoms with Crippen LogP contribution in [0.3, 0.4) is 0 Å². The predicted octanol–water partition coefficient (Wildman–Crippen LogP) is 1.93. The smallest absolute Gasteiger partial charge is 0.251 e. The van der Waals surface area contributed by atoms with Crippen molar-refractivity contribution in [1.82, 2.24) is 19.5 Å². The average Bonchev–Trinajstić information content (AvgIpc) is 3.07. The molecule has 2 aromatic heterocycles. The van der Waals surface area contributed by atoms with Gasteiger partial charge in [0.15, 0.2) is 5.82 Å². The van der Waals surface area contributed by atoms with E-state index in [-0.39, 0.29) is 6.04 Å². The van der Waals surface area contributed by atoms with Crippen LogP contribution in [0.4, 0.5) is 5.13 Å². The minimum absolute atomic E-state index is 0.0853. The highest BCUT2D eigenvalue weighted by Crippen LogP contribution is 2.31. The van der Waals surface area contributed by atoms with Crippen molar-refractivity contribution in [1.29, 1.82) is 0 Å². The lowest BCUT2D eigenvalue weighted by atomic mass is 10.2. The fourth-order valence-electron chi connectivity index (χ4n) is 2.06. The van der Waals surface area contributed by atoms with Crippen molar-refractivity contribution in [2.45, 2.75) is 32.7 Å². The Morgan fingerprint density at radius 2 is 2.20 bits per heavy atom. The number of aromatic nitrogens is 4. The molecule has 0 amide bonds. The SMILES string of the molecule is Cc1noc(C2COCCN2c2nc(C(C)C)ns2)n1. The van der Waals surface area contributed by atoms with E-state index >= 15 is 0 Å². The van der Waals surface area contributed by atoms with Crippen LogP contribution in [-0.2, 0) is 4.74 Å². The Bertz CT molecular complexity index is 582. The van der Waals surface area contributed by atoms with Gasteiger partial charge >= 0.3 is 0 Å². The van der Waals surface area contributed by atoms with Gasteiger partial charge in [0.2, 0.25) is 5.13 Å². The van der Waals surface area contributed by atoms with Crippen molar-refractivity contribution in [3.63, 3.8) is 0 Å². The number of anilines is 1. The molecule has 108 valence electrons. The van der Waals surface area contributed by atoms with Crippen LogP contribution in [0.25, 0.3) is 0 Å². The van der Waals surface area contributed by atoms with Gasteiger partial charge in [-0.1, -0.05) is 19.0 Å². The summed E-state index contributed by atoms with van der Waals surface area (Å²) < 4.78 is 15.2. The molecule has 1 atom stereocenters. The van der Waals surface area contributed by atoms with E-state index in [0.29, 0.717) is 30.8 Å². The average molecular weight is 295 g/mol. The maximum atomic E-state index is 5.54. The minimum Gasteiger partial charge on any atom is -0.377 e. The van der Waals surface area contributed by atoms with Gasteiger partial charge in [-0.25, -0.2) is 4.98 Å². The van der Waals surface area contributed by atoms with Crippen molar-refractivity contribution in [2.24, 2.45) is 0 Å². The van der Waals surface area contributed by atoms with Crippen LogP contribution in [0.2, 0.25) is 0 Å². The molecule has 0 bridgehead atoms. The Morgan fingerprint density at radius 3 is 2.85 bits per heavy atom. The molecule has 2 aromatic rings. The molecular weight excluding hydrogens is 278 g/mol. The number of hydrogen-bond donors (Lipinski definition) is 0. The van der Waals surface area contributed by atoms with Crippen LogP contribution in [-0.4, -0.2) is 39.3 Å². The van der Waals surface area contributed by atoms with E-state index < -0.39 is 0 Å². The Labute approximate surface area is 121 Å². The van der Waals surface area contributed by atoms with Gasteiger partial charge in [-0.05, 0) is 6.92 Å². The van der Waals surface area contributed by atoms with Crippen molar-refractivity contribution in [2.75, 3.05) is 24.7 Å². The summed E-state index contributed by atoms with van der Waals surface area (Å²) in [6, 6.07) is -0.0853.